The first kappa shape index (κ1) is 12.9. The predicted molar refractivity (Wildman–Crippen MR) is 69.8 cm³/mol. The molecule has 2 atom stereocenters. The summed E-state index contributed by atoms with van der Waals surface area (Å²) in [6, 6.07) is 6.54. The average molecular weight is 276 g/mol. The van der Waals surface area contributed by atoms with Gasteiger partial charge in [0.2, 0.25) is 0 Å². The van der Waals surface area contributed by atoms with Crippen LogP contribution in [0.5, 0.6) is 0 Å². The van der Waals surface area contributed by atoms with Crippen LogP contribution in [0.25, 0.3) is 0 Å². The number of carbonyl (C=O) groups excluding carboxylic acids is 1. The number of benzene rings is 1. The Bertz CT molecular complexity index is 535. The lowest BCUT2D eigenvalue weighted by Gasteiger charge is -2.27. The van der Waals surface area contributed by atoms with Crippen LogP contribution in [0.15, 0.2) is 24.3 Å². The van der Waals surface area contributed by atoms with E-state index < -0.39 is 18.1 Å². The number of fused-ring (bicyclic) bond motifs is 1. The number of amides is 2. The van der Waals surface area contributed by atoms with E-state index in [9.17, 15) is 14.7 Å². The minimum absolute atomic E-state index is 0.0860. The third-order valence-electron chi connectivity index (χ3n) is 3.92. The van der Waals surface area contributed by atoms with Crippen molar-refractivity contribution in [1.29, 1.82) is 0 Å². The van der Waals surface area contributed by atoms with E-state index >= 15 is 0 Å². The molecule has 0 radical (unpaired) electrons. The van der Waals surface area contributed by atoms with Gasteiger partial charge in [0, 0.05) is 26.1 Å². The van der Waals surface area contributed by atoms with Crippen molar-refractivity contribution < 1.29 is 19.8 Å². The SMILES string of the molecule is O=C(O)C1CC(O)CN1C(=O)N1Cc2ccccc2C1. The van der Waals surface area contributed by atoms with Crippen LogP contribution in [0.3, 0.4) is 0 Å². The van der Waals surface area contributed by atoms with E-state index in [0.717, 1.165) is 11.1 Å². The summed E-state index contributed by atoms with van der Waals surface area (Å²) in [6.07, 6.45) is -0.660. The van der Waals surface area contributed by atoms with E-state index in [1.165, 1.54) is 4.90 Å². The van der Waals surface area contributed by atoms with E-state index in [2.05, 4.69) is 0 Å². The van der Waals surface area contributed by atoms with Gasteiger partial charge in [-0.1, -0.05) is 24.3 Å². The van der Waals surface area contributed by atoms with Crippen LogP contribution in [-0.2, 0) is 17.9 Å². The summed E-state index contributed by atoms with van der Waals surface area (Å²) in [5, 5.41) is 18.8. The topological polar surface area (TPSA) is 81.1 Å². The van der Waals surface area contributed by atoms with Crippen molar-refractivity contribution in [2.24, 2.45) is 0 Å². The number of β-amino-alcohol motifs (C(OH)–C–C–N with tert-alkyl or cyclic N) is 1. The van der Waals surface area contributed by atoms with Crippen LogP contribution in [0.2, 0.25) is 0 Å². The summed E-state index contributed by atoms with van der Waals surface area (Å²) in [5.41, 5.74) is 2.18. The summed E-state index contributed by atoms with van der Waals surface area (Å²) < 4.78 is 0. The van der Waals surface area contributed by atoms with Gasteiger partial charge >= 0.3 is 12.0 Å². The van der Waals surface area contributed by atoms with Gasteiger partial charge < -0.3 is 20.0 Å². The zero-order chi connectivity index (χ0) is 14.3. The first-order chi connectivity index (χ1) is 9.56. The fraction of sp³-hybridized carbons (Fsp3) is 0.429. The molecule has 106 valence electrons. The maximum absolute atomic E-state index is 12.5. The number of hydrogen-bond donors (Lipinski definition) is 2. The van der Waals surface area contributed by atoms with Crippen LogP contribution < -0.4 is 0 Å². The maximum atomic E-state index is 12.5. The molecule has 0 aromatic heterocycles. The van der Waals surface area contributed by atoms with E-state index in [1.54, 1.807) is 4.90 Å². The highest BCUT2D eigenvalue weighted by Crippen LogP contribution is 2.26. The van der Waals surface area contributed by atoms with Crippen molar-refractivity contribution in [1.82, 2.24) is 9.80 Å². The molecule has 2 aliphatic heterocycles. The summed E-state index contributed by atoms with van der Waals surface area (Å²) in [4.78, 5) is 26.5. The standard InChI is InChI=1S/C14H16N2O4/c17-11-5-12(13(18)19)16(8-11)14(20)15-6-9-3-1-2-4-10(9)7-15/h1-4,11-12,17H,5-8H2,(H,18,19). The minimum atomic E-state index is -1.06. The summed E-state index contributed by atoms with van der Waals surface area (Å²) in [6.45, 7) is 1.07. The van der Waals surface area contributed by atoms with Gasteiger partial charge in [0.15, 0.2) is 0 Å². The Balaban J connectivity index is 1.76. The van der Waals surface area contributed by atoms with E-state index in [-0.39, 0.29) is 19.0 Å². The molecule has 6 heteroatoms. The lowest BCUT2D eigenvalue weighted by molar-refractivity contribution is -0.141. The third-order valence-corrected chi connectivity index (χ3v) is 3.92. The number of hydrogen-bond acceptors (Lipinski definition) is 3. The molecule has 2 unspecified atom stereocenters. The summed E-state index contributed by atoms with van der Waals surface area (Å²) in [5.74, 6) is -1.06. The number of aliphatic carboxylic acids is 1. The van der Waals surface area contributed by atoms with Gasteiger partial charge in [0.1, 0.15) is 6.04 Å². The number of aliphatic hydroxyl groups excluding tert-OH is 1. The van der Waals surface area contributed by atoms with E-state index in [4.69, 9.17) is 5.11 Å². The molecule has 1 aromatic carbocycles. The maximum Gasteiger partial charge on any atom is 0.326 e. The highest BCUT2D eigenvalue weighted by Gasteiger charge is 2.41. The Morgan fingerprint density at radius 3 is 2.30 bits per heavy atom. The lowest BCUT2D eigenvalue weighted by Crippen LogP contribution is -2.46. The molecule has 2 heterocycles. The van der Waals surface area contributed by atoms with Crippen LogP contribution in [0.1, 0.15) is 17.5 Å². The molecule has 3 rings (SSSR count). The monoisotopic (exact) mass is 276 g/mol. The lowest BCUT2D eigenvalue weighted by atomic mass is 10.1. The zero-order valence-corrected chi connectivity index (χ0v) is 10.9. The third kappa shape index (κ3) is 2.12. The van der Waals surface area contributed by atoms with Crippen molar-refractivity contribution in [2.75, 3.05) is 6.54 Å². The molecule has 1 fully saturated rings. The molecule has 0 saturated carbocycles. The number of carbonyl (C=O) groups is 2. The van der Waals surface area contributed by atoms with Crippen LogP contribution in [0.4, 0.5) is 4.79 Å². The van der Waals surface area contributed by atoms with Gasteiger partial charge in [-0.3, -0.25) is 0 Å². The number of urea groups is 1. The number of rotatable bonds is 1. The molecule has 0 spiro atoms. The van der Waals surface area contributed by atoms with Crippen molar-refractivity contribution in [3.05, 3.63) is 35.4 Å². The minimum Gasteiger partial charge on any atom is -0.480 e. The average Bonchev–Trinajstić information content (AvgIpc) is 3.01. The first-order valence-electron chi connectivity index (χ1n) is 6.59. The molecule has 1 aromatic rings. The highest BCUT2D eigenvalue weighted by atomic mass is 16.4. The Kier molecular flexibility index (Phi) is 3.10. The second-order valence-electron chi connectivity index (χ2n) is 5.30. The number of likely N-dealkylation sites (tertiary alicyclic amines) is 1. The summed E-state index contributed by atoms with van der Waals surface area (Å²) >= 11 is 0. The Morgan fingerprint density at radius 1 is 1.15 bits per heavy atom. The molecule has 0 aliphatic carbocycles. The number of carboxylic acids is 1. The quantitative estimate of drug-likeness (QED) is 0.789. The summed E-state index contributed by atoms with van der Waals surface area (Å²) in [7, 11) is 0. The van der Waals surface area contributed by atoms with Gasteiger partial charge in [-0.15, -0.1) is 0 Å². The van der Waals surface area contributed by atoms with Gasteiger partial charge in [-0.05, 0) is 11.1 Å². The number of carboxylic acid groups (broad SMARTS) is 1. The van der Waals surface area contributed by atoms with Gasteiger partial charge in [-0.2, -0.15) is 0 Å². The fourth-order valence-electron chi connectivity index (χ4n) is 2.91. The van der Waals surface area contributed by atoms with Crippen molar-refractivity contribution in [3.8, 4) is 0 Å². The second-order valence-corrected chi connectivity index (χ2v) is 5.30. The van der Waals surface area contributed by atoms with Crippen molar-refractivity contribution in [2.45, 2.75) is 31.7 Å². The van der Waals surface area contributed by atoms with Gasteiger partial charge in [-0.25, -0.2) is 9.59 Å². The van der Waals surface area contributed by atoms with Crippen LogP contribution in [0, 0.1) is 0 Å². The van der Waals surface area contributed by atoms with Gasteiger partial charge in [0.25, 0.3) is 0 Å². The Hall–Kier alpha value is -2.08. The largest absolute Gasteiger partial charge is 0.480 e. The molecule has 0 bridgehead atoms. The van der Waals surface area contributed by atoms with Crippen LogP contribution in [-0.4, -0.2) is 50.7 Å². The Labute approximate surface area is 116 Å². The zero-order valence-electron chi connectivity index (χ0n) is 10.9. The molecule has 2 N–H and O–H groups in total. The molecule has 2 aliphatic rings. The van der Waals surface area contributed by atoms with E-state index in [0.29, 0.717) is 13.1 Å². The highest BCUT2D eigenvalue weighted by molar-refractivity contribution is 5.83. The predicted octanol–water partition coefficient (Wildman–Crippen LogP) is 0.642. The number of aliphatic hydroxyl groups is 1. The fourth-order valence-corrected chi connectivity index (χ4v) is 2.91. The number of nitrogens with zero attached hydrogens (tertiary/aromatic N) is 2. The first-order valence-corrected chi connectivity index (χ1v) is 6.59. The molecular formula is C14H16N2O4. The molecule has 2 amide bonds. The van der Waals surface area contributed by atoms with E-state index in [1.807, 2.05) is 24.3 Å². The van der Waals surface area contributed by atoms with Crippen LogP contribution >= 0.6 is 0 Å². The van der Waals surface area contributed by atoms with Gasteiger partial charge in [0.05, 0.1) is 6.10 Å². The van der Waals surface area contributed by atoms with Crippen molar-refractivity contribution in [3.63, 3.8) is 0 Å². The normalized spacial score (nSPS) is 24.9. The van der Waals surface area contributed by atoms with Crippen molar-refractivity contribution >= 4 is 12.0 Å². The smallest absolute Gasteiger partial charge is 0.326 e. The molecule has 1 saturated heterocycles. The molecular weight excluding hydrogens is 260 g/mol. The molecule has 6 nitrogen and oxygen atoms in total. The molecule has 20 heavy (non-hydrogen) atoms. The second kappa shape index (κ2) is 4.79. The Morgan fingerprint density at radius 2 is 1.75 bits per heavy atom.